The van der Waals surface area contributed by atoms with Crippen LogP contribution in [0.1, 0.15) is 30.1 Å². The molecule has 21 heavy (non-hydrogen) atoms. The zero-order valence-corrected chi connectivity index (χ0v) is 13.3. The predicted molar refractivity (Wildman–Crippen MR) is 85.0 cm³/mol. The summed E-state index contributed by atoms with van der Waals surface area (Å²) in [5, 5.41) is 0.837. The zero-order chi connectivity index (χ0) is 14.8. The van der Waals surface area contributed by atoms with E-state index in [1.807, 2.05) is 31.2 Å². The number of aromatic nitrogens is 2. The molecule has 2 aromatic rings. The summed E-state index contributed by atoms with van der Waals surface area (Å²) in [4.78, 5) is 8.96. The van der Waals surface area contributed by atoms with E-state index < -0.39 is 0 Å². The summed E-state index contributed by atoms with van der Waals surface area (Å²) in [5.74, 6) is 1.00. The molecule has 1 aliphatic rings. The summed E-state index contributed by atoms with van der Waals surface area (Å²) in [5.41, 5.74) is 2.80. The fraction of sp³-hybridized carbons (Fsp3) is 0.375. The van der Waals surface area contributed by atoms with Crippen molar-refractivity contribution in [3.05, 3.63) is 46.0 Å². The minimum absolute atomic E-state index is 0.278. The number of aryl methyl sites for hydroxylation is 1. The summed E-state index contributed by atoms with van der Waals surface area (Å²) >= 11 is 12.7. The first-order valence-electron chi connectivity index (χ1n) is 7.03. The first-order valence-corrected chi connectivity index (χ1v) is 7.78. The molecule has 0 unspecified atom stereocenters. The zero-order valence-electron chi connectivity index (χ0n) is 11.8. The lowest BCUT2D eigenvalue weighted by Crippen LogP contribution is -2.16. The van der Waals surface area contributed by atoms with E-state index in [0.29, 0.717) is 15.9 Å². The van der Waals surface area contributed by atoms with Gasteiger partial charge in [0, 0.05) is 19.1 Å². The maximum atomic E-state index is 6.37. The first kappa shape index (κ1) is 14.8. The molecule has 0 aliphatic carbocycles. The van der Waals surface area contributed by atoms with Crippen LogP contribution in [-0.2, 0) is 4.74 Å². The molecule has 0 N–H and O–H groups in total. The summed E-state index contributed by atoms with van der Waals surface area (Å²) < 4.78 is 5.37. The van der Waals surface area contributed by atoms with E-state index in [9.17, 15) is 0 Å². The summed E-state index contributed by atoms with van der Waals surface area (Å²) in [7, 11) is 0. The van der Waals surface area contributed by atoms with Crippen LogP contribution in [0.4, 0.5) is 0 Å². The van der Waals surface area contributed by atoms with Crippen molar-refractivity contribution in [1.82, 2.24) is 9.97 Å². The Bertz CT molecular complexity index is 631. The van der Waals surface area contributed by atoms with Crippen LogP contribution in [0.5, 0.6) is 0 Å². The van der Waals surface area contributed by atoms with E-state index >= 15 is 0 Å². The van der Waals surface area contributed by atoms with E-state index in [4.69, 9.17) is 27.9 Å². The van der Waals surface area contributed by atoms with Crippen molar-refractivity contribution in [3.63, 3.8) is 0 Å². The van der Waals surface area contributed by atoms with Gasteiger partial charge < -0.3 is 4.74 Å². The third-order valence-electron chi connectivity index (χ3n) is 3.73. The second-order valence-electron chi connectivity index (χ2n) is 5.29. The molecule has 3 nitrogen and oxygen atoms in total. The number of hydrogen-bond acceptors (Lipinski definition) is 3. The number of hydrogen-bond donors (Lipinski definition) is 0. The average Bonchev–Trinajstić information content (AvgIpc) is 2.47. The molecule has 0 bridgehead atoms. The lowest BCUT2D eigenvalue weighted by molar-refractivity contribution is 0.0836. The molecule has 0 radical (unpaired) electrons. The Balaban J connectivity index is 2.00. The van der Waals surface area contributed by atoms with E-state index in [-0.39, 0.29) is 5.92 Å². The van der Waals surface area contributed by atoms with Crippen molar-refractivity contribution < 1.29 is 4.74 Å². The Hall–Kier alpha value is -1.16. The Kier molecular flexibility index (Phi) is 4.43. The van der Waals surface area contributed by atoms with E-state index in [1.54, 1.807) is 0 Å². The molecule has 1 aromatic carbocycles. The van der Waals surface area contributed by atoms with Gasteiger partial charge >= 0.3 is 0 Å². The quantitative estimate of drug-likeness (QED) is 0.755. The minimum Gasteiger partial charge on any atom is -0.381 e. The molecule has 0 atom stereocenters. The topological polar surface area (TPSA) is 35.0 Å². The summed E-state index contributed by atoms with van der Waals surface area (Å²) in [6.45, 7) is 3.51. The maximum Gasteiger partial charge on any atom is 0.142 e. The van der Waals surface area contributed by atoms with Gasteiger partial charge in [0.25, 0.3) is 0 Å². The Morgan fingerprint density at radius 2 is 1.76 bits per heavy atom. The largest absolute Gasteiger partial charge is 0.381 e. The monoisotopic (exact) mass is 322 g/mol. The average molecular weight is 323 g/mol. The van der Waals surface area contributed by atoms with Crippen molar-refractivity contribution in [2.45, 2.75) is 25.7 Å². The molecule has 1 saturated heterocycles. The molecule has 110 valence electrons. The standard InChI is InChI=1S/C16H16Cl2N2O/c1-10-3-2-4-12(9-10)13-14(17)19-16(20-15(13)18)11-5-7-21-8-6-11/h2-4,9,11H,5-8H2,1H3. The fourth-order valence-corrected chi connectivity index (χ4v) is 3.22. The number of halogens is 2. The molecule has 1 aromatic heterocycles. The van der Waals surface area contributed by atoms with Crippen molar-refractivity contribution in [2.75, 3.05) is 13.2 Å². The highest BCUT2D eigenvalue weighted by molar-refractivity contribution is 6.37. The van der Waals surface area contributed by atoms with Gasteiger partial charge in [0.2, 0.25) is 0 Å². The van der Waals surface area contributed by atoms with Crippen LogP contribution >= 0.6 is 23.2 Å². The van der Waals surface area contributed by atoms with Crippen molar-refractivity contribution in [1.29, 1.82) is 0 Å². The van der Waals surface area contributed by atoms with Gasteiger partial charge in [-0.1, -0.05) is 53.0 Å². The molecule has 2 heterocycles. The molecule has 5 heteroatoms. The van der Waals surface area contributed by atoms with Crippen LogP contribution in [0, 0.1) is 6.92 Å². The number of ether oxygens (including phenoxy) is 1. The van der Waals surface area contributed by atoms with Gasteiger partial charge in [-0.15, -0.1) is 0 Å². The number of nitrogens with zero attached hydrogens (tertiary/aromatic N) is 2. The Morgan fingerprint density at radius 1 is 1.10 bits per heavy atom. The second-order valence-corrected chi connectivity index (χ2v) is 6.01. The molecule has 0 spiro atoms. The van der Waals surface area contributed by atoms with Crippen molar-refractivity contribution >= 4 is 23.2 Å². The van der Waals surface area contributed by atoms with Gasteiger partial charge in [-0.2, -0.15) is 0 Å². The molecular weight excluding hydrogens is 307 g/mol. The lowest BCUT2D eigenvalue weighted by Gasteiger charge is -2.21. The Labute approximate surface area is 134 Å². The van der Waals surface area contributed by atoms with E-state index in [2.05, 4.69) is 9.97 Å². The van der Waals surface area contributed by atoms with Crippen LogP contribution in [0.3, 0.4) is 0 Å². The lowest BCUT2D eigenvalue weighted by atomic mass is 9.99. The van der Waals surface area contributed by atoms with Crippen LogP contribution in [0.15, 0.2) is 24.3 Å². The maximum absolute atomic E-state index is 6.37. The summed E-state index contributed by atoms with van der Waals surface area (Å²) in [6.07, 6.45) is 1.83. The number of rotatable bonds is 2. The number of benzene rings is 1. The van der Waals surface area contributed by atoms with E-state index in [0.717, 1.165) is 43.0 Å². The third kappa shape index (κ3) is 3.20. The van der Waals surface area contributed by atoms with Crippen LogP contribution in [-0.4, -0.2) is 23.2 Å². The minimum atomic E-state index is 0.278. The highest BCUT2D eigenvalue weighted by Crippen LogP contribution is 2.35. The first-order chi connectivity index (χ1) is 10.1. The molecular formula is C16H16Cl2N2O. The van der Waals surface area contributed by atoms with Gasteiger partial charge in [0.1, 0.15) is 16.1 Å². The SMILES string of the molecule is Cc1cccc(-c2c(Cl)nc(C3CCOCC3)nc2Cl)c1. The van der Waals surface area contributed by atoms with Crippen molar-refractivity contribution in [2.24, 2.45) is 0 Å². The molecule has 1 fully saturated rings. The van der Waals surface area contributed by atoms with Gasteiger partial charge in [-0.3, -0.25) is 0 Å². The molecule has 3 rings (SSSR count). The van der Waals surface area contributed by atoms with Crippen molar-refractivity contribution in [3.8, 4) is 11.1 Å². The third-order valence-corrected chi connectivity index (χ3v) is 4.28. The van der Waals surface area contributed by atoms with Gasteiger partial charge in [-0.05, 0) is 25.3 Å². The molecule has 0 saturated carbocycles. The normalized spacial score (nSPS) is 16.1. The second kappa shape index (κ2) is 6.30. The Morgan fingerprint density at radius 3 is 2.38 bits per heavy atom. The van der Waals surface area contributed by atoms with Crippen LogP contribution < -0.4 is 0 Å². The highest BCUT2D eigenvalue weighted by Gasteiger charge is 2.22. The highest BCUT2D eigenvalue weighted by atomic mass is 35.5. The van der Waals surface area contributed by atoms with E-state index in [1.165, 1.54) is 0 Å². The van der Waals surface area contributed by atoms with Crippen LogP contribution in [0.2, 0.25) is 10.3 Å². The smallest absolute Gasteiger partial charge is 0.142 e. The molecule has 1 aliphatic heterocycles. The van der Waals surface area contributed by atoms with Gasteiger partial charge in [0.05, 0.1) is 5.56 Å². The van der Waals surface area contributed by atoms with Gasteiger partial charge in [-0.25, -0.2) is 9.97 Å². The van der Waals surface area contributed by atoms with Crippen LogP contribution in [0.25, 0.3) is 11.1 Å². The fourth-order valence-electron chi connectivity index (χ4n) is 2.60. The summed E-state index contributed by atoms with van der Waals surface area (Å²) in [6, 6.07) is 8.01. The molecule has 0 amide bonds. The van der Waals surface area contributed by atoms with Gasteiger partial charge in [0.15, 0.2) is 0 Å². The predicted octanol–water partition coefficient (Wildman–Crippen LogP) is 4.65.